The standard InChI is InChI=1S/C19H29N3O3/c1-5-19(3,4)22-17(23)14-6-8-15(9-7-14)20-18(24)21-16-10-11-25-13(2)12-16/h6-9,13,16H,5,10-12H2,1-4H3,(H,22,23)(H2,20,21,24)/t13-,16+/m0/s1. The molecule has 138 valence electrons. The SMILES string of the molecule is CCC(C)(C)NC(=O)c1ccc(NC(=O)N[C@@H]2CCO[C@@H](C)C2)cc1. The maximum absolute atomic E-state index is 12.2. The highest BCUT2D eigenvalue weighted by Crippen LogP contribution is 2.15. The van der Waals surface area contributed by atoms with Crippen molar-refractivity contribution in [1.29, 1.82) is 0 Å². The van der Waals surface area contributed by atoms with Gasteiger partial charge in [0.15, 0.2) is 0 Å². The predicted molar refractivity (Wildman–Crippen MR) is 98.9 cm³/mol. The first-order chi connectivity index (χ1) is 11.8. The third kappa shape index (κ3) is 6.05. The molecule has 1 aromatic rings. The van der Waals surface area contributed by atoms with Crippen LogP contribution in [0.5, 0.6) is 0 Å². The number of urea groups is 1. The lowest BCUT2D eigenvalue weighted by Gasteiger charge is -2.27. The normalized spacial score (nSPS) is 20.6. The van der Waals surface area contributed by atoms with Crippen LogP contribution in [0.2, 0.25) is 0 Å². The van der Waals surface area contributed by atoms with Crippen LogP contribution in [0.1, 0.15) is 57.3 Å². The van der Waals surface area contributed by atoms with E-state index < -0.39 is 0 Å². The summed E-state index contributed by atoms with van der Waals surface area (Å²) in [5.74, 6) is -0.112. The first-order valence-electron chi connectivity index (χ1n) is 8.91. The summed E-state index contributed by atoms with van der Waals surface area (Å²) in [5.41, 5.74) is 0.990. The molecule has 3 N–H and O–H groups in total. The van der Waals surface area contributed by atoms with Crippen molar-refractivity contribution in [1.82, 2.24) is 10.6 Å². The van der Waals surface area contributed by atoms with Crippen molar-refractivity contribution in [2.24, 2.45) is 0 Å². The second kappa shape index (κ2) is 8.34. The predicted octanol–water partition coefficient (Wildman–Crippen LogP) is 3.29. The van der Waals surface area contributed by atoms with Gasteiger partial charge in [0, 0.05) is 29.4 Å². The number of ether oxygens (including phenoxy) is 1. The molecule has 0 unspecified atom stereocenters. The zero-order chi connectivity index (χ0) is 18.4. The van der Waals surface area contributed by atoms with E-state index in [-0.39, 0.29) is 29.6 Å². The number of rotatable bonds is 5. The van der Waals surface area contributed by atoms with Gasteiger partial charge in [0.05, 0.1) is 6.10 Å². The lowest BCUT2D eigenvalue weighted by Crippen LogP contribution is -2.43. The van der Waals surface area contributed by atoms with Crippen LogP contribution in [0.25, 0.3) is 0 Å². The van der Waals surface area contributed by atoms with Crippen LogP contribution in [0, 0.1) is 0 Å². The molecule has 0 radical (unpaired) electrons. The Morgan fingerprint density at radius 3 is 2.52 bits per heavy atom. The summed E-state index contributed by atoms with van der Waals surface area (Å²) >= 11 is 0. The van der Waals surface area contributed by atoms with Crippen LogP contribution < -0.4 is 16.0 Å². The minimum absolute atomic E-state index is 0.112. The lowest BCUT2D eigenvalue weighted by molar-refractivity contribution is 0.0157. The average Bonchev–Trinajstić information content (AvgIpc) is 2.55. The molecule has 25 heavy (non-hydrogen) atoms. The van der Waals surface area contributed by atoms with Gasteiger partial charge in [0.25, 0.3) is 5.91 Å². The number of nitrogens with one attached hydrogen (secondary N) is 3. The van der Waals surface area contributed by atoms with Gasteiger partial charge in [-0.2, -0.15) is 0 Å². The van der Waals surface area contributed by atoms with E-state index in [1.165, 1.54) is 0 Å². The Hall–Kier alpha value is -2.08. The molecule has 2 rings (SSSR count). The molecule has 1 saturated heterocycles. The topological polar surface area (TPSA) is 79.5 Å². The first kappa shape index (κ1) is 19.2. The number of carbonyl (C=O) groups excluding carboxylic acids is 2. The van der Waals surface area contributed by atoms with Gasteiger partial charge in [-0.25, -0.2) is 4.79 Å². The van der Waals surface area contributed by atoms with E-state index in [1.807, 2.05) is 27.7 Å². The fourth-order valence-corrected chi connectivity index (χ4v) is 2.65. The second-order valence-corrected chi connectivity index (χ2v) is 7.27. The summed E-state index contributed by atoms with van der Waals surface area (Å²) < 4.78 is 5.48. The lowest BCUT2D eigenvalue weighted by atomic mass is 10.0. The molecule has 6 heteroatoms. The average molecular weight is 347 g/mol. The van der Waals surface area contributed by atoms with E-state index in [0.29, 0.717) is 17.9 Å². The monoisotopic (exact) mass is 347 g/mol. The van der Waals surface area contributed by atoms with E-state index in [2.05, 4.69) is 16.0 Å². The van der Waals surface area contributed by atoms with E-state index in [4.69, 9.17) is 4.74 Å². The number of anilines is 1. The molecule has 1 aromatic carbocycles. The van der Waals surface area contributed by atoms with Gasteiger partial charge in [-0.3, -0.25) is 4.79 Å². The molecule has 0 saturated carbocycles. The summed E-state index contributed by atoms with van der Waals surface area (Å²) in [5, 5.41) is 8.76. The minimum Gasteiger partial charge on any atom is -0.378 e. The molecule has 1 heterocycles. The molecular formula is C19H29N3O3. The fourth-order valence-electron chi connectivity index (χ4n) is 2.65. The van der Waals surface area contributed by atoms with Crippen LogP contribution in [0.4, 0.5) is 10.5 Å². The van der Waals surface area contributed by atoms with Crippen LogP contribution in [-0.2, 0) is 4.74 Å². The van der Waals surface area contributed by atoms with E-state index >= 15 is 0 Å². The Bertz CT molecular complexity index is 598. The summed E-state index contributed by atoms with van der Waals surface area (Å²) in [6.45, 7) is 8.69. The summed E-state index contributed by atoms with van der Waals surface area (Å²) in [7, 11) is 0. The van der Waals surface area contributed by atoms with Gasteiger partial charge < -0.3 is 20.7 Å². The molecule has 1 fully saturated rings. The van der Waals surface area contributed by atoms with E-state index in [1.54, 1.807) is 24.3 Å². The van der Waals surface area contributed by atoms with E-state index in [9.17, 15) is 9.59 Å². The highest BCUT2D eigenvalue weighted by Gasteiger charge is 2.21. The van der Waals surface area contributed by atoms with Crippen molar-refractivity contribution in [3.8, 4) is 0 Å². The summed E-state index contributed by atoms with van der Waals surface area (Å²) in [6, 6.07) is 6.80. The smallest absolute Gasteiger partial charge is 0.319 e. The third-order valence-corrected chi connectivity index (χ3v) is 4.56. The van der Waals surface area contributed by atoms with Gasteiger partial charge >= 0.3 is 6.03 Å². The number of hydrogen-bond donors (Lipinski definition) is 3. The van der Waals surface area contributed by atoms with Gasteiger partial charge in [0.1, 0.15) is 0 Å². The minimum atomic E-state index is -0.241. The van der Waals surface area contributed by atoms with Crippen LogP contribution in [0.15, 0.2) is 24.3 Å². The van der Waals surface area contributed by atoms with Gasteiger partial charge in [0.2, 0.25) is 0 Å². The maximum Gasteiger partial charge on any atom is 0.319 e. The van der Waals surface area contributed by atoms with Crippen LogP contribution >= 0.6 is 0 Å². The molecule has 1 aliphatic heterocycles. The Balaban J connectivity index is 1.87. The number of amides is 3. The molecule has 0 spiro atoms. The van der Waals surface area contributed by atoms with Gasteiger partial charge in [-0.1, -0.05) is 6.92 Å². The Labute approximate surface area is 149 Å². The molecule has 3 amide bonds. The molecule has 1 aliphatic rings. The van der Waals surface area contributed by atoms with Crippen LogP contribution in [0.3, 0.4) is 0 Å². The molecule has 6 nitrogen and oxygen atoms in total. The zero-order valence-electron chi connectivity index (χ0n) is 15.5. The van der Waals surface area contributed by atoms with Crippen molar-refractivity contribution in [2.45, 2.75) is 64.6 Å². The van der Waals surface area contributed by atoms with Crippen molar-refractivity contribution in [3.05, 3.63) is 29.8 Å². The van der Waals surface area contributed by atoms with Crippen molar-refractivity contribution in [3.63, 3.8) is 0 Å². The number of carbonyl (C=O) groups is 2. The second-order valence-electron chi connectivity index (χ2n) is 7.27. The highest BCUT2D eigenvalue weighted by atomic mass is 16.5. The Morgan fingerprint density at radius 2 is 1.92 bits per heavy atom. The third-order valence-electron chi connectivity index (χ3n) is 4.56. The molecule has 0 bridgehead atoms. The van der Waals surface area contributed by atoms with Crippen molar-refractivity contribution < 1.29 is 14.3 Å². The van der Waals surface area contributed by atoms with E-state index in [0.717, 1.165) is 19.3 Å². The zero-order valence-corrected chi connectivity index (χ0v) is 15.5. The number of hydrogen-bond acceptors (Lipinski definition) is 3. The maximum atomic E-state index is 12.2. The quantitative estimate of drug-likeness (QED) is 0.765. The molecule has 2 atom stereocenters. The summed E-state index contributed by atoms with van der Waals surface area (Å²) in [4.78, 5) is 24.3. The van der Waals surface area contributed by atoms with Crippen molar-refractivity contribution >= 4 is 17.6 Å². The largest absolute Gasteiger partial charge is 0.378 e. The molecule has 0 aliphatic carbocycles. The van der Waals surface area contributed by atoms with Crippen LogP contribution in [-0.4, -0.2) is 36.2 Å². The summed E-state index contributed by atoms with van der Waals surface area (Å²) in [6.07, 6.45) is 2.66. The Kier molecular flexibility index (Phi) is 6.42. The molecule has 0 aromatic heterocycles. The number of benzene rings is 1. The fraction of sp³-hybridized carbons (Fsp3) is 0.579. The Morgan fingerprint density at radius 1 is 1.24 bits per heavy atom. The molecular weight excluding hydrogens is 318 g/mol. The van der Waals surface area contributed by atoms with Gasteiger partial charge in [-0.15, -0.1) is 0 Å². The van der Waals surface area contributed by atoms with Crippen molar-refractivity contribution in [2.75, 3.05) is 11.9 Å². The van der Waals surface area contributed by atoms with Gasteiger partial charge in [-0.05, 0) is 64.3 Å². The highest BCUT2D eigenvalue weighted by molar-refractivity contribution is 5.96. The first-order valence-corrected chi connectivity index (χ1v) is 8.91.